The molecule has 10 nitrogen and oxygen atoms in total. The molecule has 3 aromatic rings. The monoisotopic (exact) mass is 731 g/mol. The van der Waals surface area contributed by atoms with E-state index in [1.807, 2.05) is 0 Å². The molecule has 0 radical (unpaired) electrons. The Hall–Kier alpha value is -3.91. The molecule has 268 valence electrons. The minimum atomic E-state index is -3.87. The molecule has 4 atom stereocenters. The van der Waals surface area contributed by atoms with Crippen molar-refractivity contribution in [3.63, 3.8) is 0 Å². The van der Waals surface area contributed by atoms with Crippen LogP contribution in [0.25, 0.3) is 0 Å². The summed E-state index contributed by atoms with van der Waals surface area (Å²) < 4.78 is 61.9. The van der Waals surface area contributed by atoms with E-state index in [1.165, 1.54) is 32.9 Å². The second-order valence-electron chi connectivity index (χ2n) is 13.7. The van der Waals surface area contributed by atoms with Crippen molar-refractivity contribution in [3.05, 3.63) is 106 Å². The van der Waals surface area contributed by atoms with E-state index in [2.05, 4.69) is 10.2 Å². The zero-order valence-corrected chi connectivity index (χ0v) is 29.7. The van der Waals surface area contributed by atoms with Gasteiger partial charge in [0.05, 0.1) is 24.8 Å². The van der Waals surface area contributed by atoms with E-state index < -0.39 is 63.0 Å². The first-order valence-electron chi connectivity index (χ1n) is 16.2. The van der Waals surface area contributed by atoms with Gasteiger partial charge in [-0.2, -0.15) is 8.78 Å². The lowest BCUT2D eigenvalue weighted by molar-refractivity contribution is -0.185. The van der Waals surface area contributed by atoms with E-state index in [1.54, 1.807) is 53.4 Å². The summed E-state index contributed by atoms with van der Waals surface area (Å²) in [6.07, 6.45) is 3.63. The third-order valence-electron chi connectivity index (χ3n) is 8.71. The number of nitrogens with one attached hydrogen (secondary N) is 2. The predicted octanol–water partition coefficient (Wildman–Crippen LogP) is 6.16. The van der Waals surface area contributed by atoms with Crippen LogP contribution in [0.15, 0.2) is 72.8 Å². The number of benzene rings is 3. The van der Waals surface area contributed by atoms with Gasteiger partial charge in [-0.15, -0.1) is 0 Å². The number of alkyl halides is 2. The Bertz CT molecular complexity index is 1830. The minimum Gasteiger partial charge on any atom is -0.455 e. The molecule has 5 rings (SSSR count). The van der Waals surface area contributed by atoms with Crippen LogP contribution in [-0.2, 0) is 41.7 Å². The maximum absolute atomic E-state index is 14.8. The van der Waals surface area contributed by atoms with Gasteiger partial charge in [-0.05, 0) is 68.5 Å². The number of halogens is 3. The van der Waals surface area contributed by atoms with Crippen LogP contribution in [0.4, 0.5) is 8.78 Å². The van der Waals surface area contributed by atoms with Crippen LogP contribution < -0.4 is 10.2 Å². The van der Waals surface area contributed by atoms with E-state index in [0.717, 1.165) is 31.2 Å². The van der Waals surface area contributed by atoms with Crippen LogP contribution in [0.2, 0.25) is 5.02 Å². The lowest BCUT2D eigenvalue weighted by atomic mass is 9.76. The Kier molecular flexibility index (Phi) is 11.0. The van der Waals surface area contributed by atoms with Gasteiger partial charge in [-0.3, -0.25) is 14.4 Å². The number of nitrogens with zero attached hydrogens (tertiary/aromatic N) is 1. The first kappa shape index (κ1) is 37.3. The van der Waals surface area contributed by atoms with Gasteiger partial charge in [0, 0.05) is 28.2 Å². The van der Waals surface area contributed by atoms with Crippen molar-refractivity contribution in [2.75, 3.05) is 6.26 Å². The topological polar surface area (TPSA) is 131 Å². The van der Waals surface area contributed by atoms with Crippen LogP contribution in [0.3, 0.4) is 0 Å². The van der Waals surface area contributed by atoms with Crippen LogP contribution in [0.5, 0.6) is 0 Å². The van der Waals surface area contributed by atoms with E-state index in [0.29, 0.717) is 40.1 Å². The van der Waals surface area contributed by atoms with Crippen molar-refractivity contribution in [2.45, 2.75) is 88.6 Å². The highest BCUT2D eigenvalue weighted by atomic mass is 35.5. The van der Waals surface area contributed by atoms with E-state index in [9.17, 15) is 31.6 Å². The smallest absolute Gasteiger partial charge is 0.382 e. The predicted molar refractivity (Wildman–Crippen MR) is 183 cm³/mol. The summed E-state index contributed by atoms with van der Waals surface area (Å²) in [5.74, 6) is -7.43. The molecular weight excluding hydrogens is 692 g/mol. The molecule has 1 aliphatic carbocycles. The molecular formula is C36H40ClF2N3O7S. The number of carbonyl (C=O) groups is 3. The number of fused-ring (bicyclic) bond motifs is 1. The van der Waals surface area contributed by atoms with Gasteiger partial charge in [0.25, 0.3) is 11.8 Å². The lowest BCUT2D eigenvalue weighted by Crippen LogP contribution is -2.59. The summed E-state index contributed by atoms with van der Waals surface area (Å²) in [4.78, 5) is 47.8. The number of ether oxygens (including phenoxy) is 1. The third-order valence-corrected chi connectivity index (χ3v) is 9.69. The van der Waals surface area contributed by atoms with Gasteiger partial charge in [0.15, 0.2) is 0 Å². The van der Waals surface area contributed by atoms with E-state index in [4.69, 9.17) is 21.2 Å². The summed E-state index contributed by atoms with van der Waals surface area (Å²) in [6, 6.07) is 16.4. The fourth-order valence-corrected chi connectivity index (χ4v) is 7.55. The molecule has 0 bridgehead atoms. The number of esters is 1. The van der Waals surface area contributed by atoms with E-state index >= 15 is 0 Å². The molecule has 0 unspecified atom stereocenters. The first-order valence-corrected chi connectivity index (χ1v) is 18.5. The standard InChI is InChI=1S/C36H40ClF2N3O7S/c1-35(2,3)49-34(45)36(38,39)24-17-13-22(14-18-24)21-48-40-32(43)30-26-9-5-6-10-27(26)33(44)42(31(30)23-15-19-25(37)20-16-23)29-12-8-7-11-28(29)41-50(4,46)47/h5-6,9-10,13-20,28-31,41H,7-8,11-12,21H2,1-4H3,(H,40,43)/t28-,29-,30+,31-/m0/s1. The molecule has 1 aliphatic heterocycles. The molecule has 0 saturated heterocycles. The summed E-state index contributed by atoms with van der Waals surface area (Å²) in [5.41, 5.74) is 2.67. The lowest BCUT2D eigenvalue weighted by Gasteiger charge is -2.49. The van der Waals surface area contributed by atoms with Gasteiger partial charge in [0.2, 0.25) is 10.0 Å². The molecule has 14 heteroatoms. The molecule has 2 aliphatic rings. The highest BCUT2D eigenvalue weighted by molar-refractivity contribution is 7.88. The van der Waals surface area contributed by atoms with E-state index in [-0.39, 0.29) is 12.5 Å². The summed E-state index contributed by atoms with van der Waals surface area (Å²) in [6.45, 7) is 4.29. The zero-order chi connectivity index (χ0) is 36.4. The maximum Gasteiger partial charge on any atom is 0.382 e. The molecule has 0 aromatic heterocycles. The van der Waals surface area contributed by atoms with Crippen molar-refractivity contribution in [2.24, 2.45) is 0 Å². The number of hydroxylamine groups is 1. The molecule has 2 amide bonds. The van der Waals surface area contributed by atoms with Gasteiger partial charge in [-0.1, -0.05) is 79.0 Å². The molecule has 0 spiro atoms. The Morgan fingerprint density at radius 2 is 1.60 bits per heavy atom. The van der Waals surface area contributed by atoms with Gasteiger partial charge < -0.3 is 9.64 Å². The quantitative estimate of drug-likeness (QED) is 0.189. The largest absolute Gasteiger partial charge is 0.455 e. The molecule has 50 heavy (non-hydrogen) atoms. The molecule has 2 N–H and O–H groups in total. The summed E-state index contributed by atoms with van der Waals surface area (Å²) >= 11 is 6.22. The summed E-state index contributed by atoms with van der Waals surface area (Å²) in [5, 5.41) is 0.455. The highest BCUT2D eigenvalue weighted by Crippen LogP contribution is 2.46. The Balaban J connectivity index is 1.42. The molecule has 3 aromatic carbocycles. The van der Waals surface area contributed by atoms with Crippen LogP contribution in [0, 0.1) is 0 Å². The zero-order valence-electron chi connectivity index (χ0n) is 28.1. The Morgan fingerprint density at radius 3 is 2.24 bits per heavy atom. The maximum atomic E-state index is 14.8. The second-order valence-corrected chi connectivity index (χ2v) is 15.9. The Morgan fingerprint density at radius 1 is 0.960 bits per heavy atom. The third kappa shape index (κ3) is 8.51. The van der Waals surface area contributed by atoms with Crippen molar-refractivity contribution in [3.8, 4) is 0 Å². The number of hydrogen-bond donors (Lipinski definition) is 2. The fourth-order valence-electron chi connectivity index (χ4n) is 6.59. The summed E-state index contributed by atoms with van der Waals surface area (Å²) in [7, 11) is -3.62. The fraction of sp³-hybridized carbons (Fsp3) is 0.417. The van der Waals surface area contributed by atoms with Crippen LogP contribution in [-0.4, -0.2) is 55.0 Å². The van der Waals surface area contributed by atoms with Crippen molar-refractivity contribution >= 4 is 39.4 Å². The Labute approximate surface area is 295 Å². The molecule has 1 saturated carbocycles. The average Bonchev–Trinajstić information content (AvgIpc) is 3.04. The number of hydrogen-bond acceptors (Lipinski definition) is 7. The van der Waals surface area contributed by atoms with Crippen molar-refractivity contribution < 1.29 is 41.2 Å². The number of sulfonamides is 1. The average molecular weight is 732 g/mol. The SMILES string of the molecule is CC(C)(C)OC(=O)C(F)(F)c1ccc(CONC(=O)[C@@H]2c3ccccc3C(=O)N([C@H]3CCCC[C@@H]3NS(C)(=O)=O)[C@H]2c2ccc(Cl)cc2)cc1. The second kappa shape index (κ2) is 14.7. The van der Waals surface area contributed by atoms with Gasteiger partial charge in [-0.25, -0.2) is 23.4 Å². The number of carbonyl (C=O) groups excluding carboxylic acids is 3. The molecule has 1 heterocycles. The number of rotatable bonds is 10. The molecule has 1 fully saturated rings. The van der Waals surface area contributed by atoms with Crippen molar-refractivity contribution in [1.82, 2.24) is 15.1 Å². The normalized spacial score (nSPS) is 21.3. The highest BCUT2D eigenvalue weighted by Gasteiger charge is 2.49. The van der Waals surface area contributed by atoms with Crippen LogP contribution >= 0.6 is 11.6 Å². The van der Waals surface area contributed by atoms with Crippen molar-refractivity contribution in [1.29, 1.82) is 0 Å². The minimum absolute atomic E-state index is 0.199. The van der Waals surface area contributed by atoms with Gasteiger partial charge in [0.1, 0.15) is 5.60 Å². The number of amides is 2. The van der Waals surface area contributed by atoms with Crippen LogP contribution in [0.1, 0.15) is 91.0 Å². The first-order chi connectivity index (χ1) is 23.5. The van der Waals surface area contributed by atoms with Gasteiger partial charge >= 0.3 is 11.9 Å².